The molecule has 0 radical (unpaired) electrons. The van der Waals surface area contributed by atoms with E-state index in [2.05, 4.69) is 4.72 Å². The zero-order chi connectivity index (χ0) is 24.5. The fourth-order valence-electron chi connectivity index (χ4n) is 4.62. The number of sulfonamides is 1. The van der Waals surface area contributed by atoms with E-state index in [1.54, 1.807) is 43.4 Å². The summed E-state index contributed by atoms with van der Waals surface area (Å²) in [6, 6.07) is 7.59. The lowest BCUT2D eigenvalue weighted by Crippen LogP contribution is -2.52. The average Bonchev–Trinajstić information content (AvgIpc) is 3.16. The molecule has 0 aliphatic carbocycles. The van der Waals surface area contributed by atoms with Gasteiger partial charge in [-0.05, 0) is 18.1 Å². The number of halogens is 3. The summed E-state index contributed by atoms with van der Waals surface area (Å²) in [5, 5.41) is 0. The second kappa shape index (κ2) is 9.83. The van der Waals surface area contributed by atoms with Crippen LogP contribution in [-0.2, 0) is 16.4 Å². The molecule has 0 aromatic heterocycles. The van der Waals surface area contributed by atoms with Crippen molar-refractivity contribution < 1.29 is 31.1 Å². The third-order valence-corrected chi connectivity index (χ3v) is 7.27. The highest BCUT2D eigenvalue weighted by Crippen LogP contribution is 2.35. The van der Waals surface area contributed by atoms with E-state index < -0.39 is 52.6 Å². The number of nitrogens with one attached hydrogen (secondary N) is 1. The van der Waals surface area contributed by atoms with Crippen molar-refractivity contribution in [3.63, 3.8) is 0 Å². The summed E-state index contributed by atoms with van der Waals surface area (Å²) >= 11 is 0. The number of ether oxygens (including phenoxy) is 1. The maximum atomic E-state index is 15.7. The van der Waals surface area contributed by atoms with Crippen LogP contribution < -0.4 is 9.46 Å². The molecule has 7 nitrogen and oxygen atoms in total. The van der Waals surface area contributed by atoms with Gasteiger partial charge in [0.15, 0.2) is 0 Å². The Morgan fingerprint density at radius 1 is 1.12 bits per heavy atom. The normalized spacial score (nSPS) is 23.3. The van der Waals surface area contributed by atoms with Gasteiger partial charge in [-0.15, -0.1) is 0 Å². The molecule has 4 rings (SSSR count). The molecular weight excluding hydrogens is 471 g/mol. The Labute approximate surface area is 196 Å². The van der Waals surface area contributed by atoms with Gasteiger partial charge in [-0.1, -0.05) is 36.4 Å². The van der Waals surface area contributed by atoms with Crippen LogP contribution in [-0.4, -0.2) is 75.8 Å². The molecule has 1 N–H and O–H groups in total. The minimum Gasteiger partial charge on any atom is -0.491 e. The van der Waals surface area contributed by atoms with Gasteiger partial charge in [0, 0.05) is 36.7 Å². The van der Waals surface area contributed by atoms with Crippen LogP contribution >= 0.6 is 0 Å². The molecule has 2 aliphatic rings. The van der Waals surface area contributed by atoms with Crippen molar-refractivity contribution in [2.45, 2.75) is 18.5 Å². The van der Waals surface area contributed by atoms with E-state index in [1.165, 1.54) is 15.9 Å². The number of carbonyl (C=O) groups is 1. The van der Waals surface area contributed by atoms with E-state index >= 15 is 4.39 Å². The molecule has 3 unspecified atom stereocenters. The molecule has 0 spiro atoms. The first-order chi connectivity index (χ1) is 16.3. The zero-order valence-corrected chi connectivity index (χ0v) is 19.4. The molecule has 2 amide bonds. The quantitative estimate of drug-likeness (QED) is 0.705. The van der Waals surface area contributed by atoms with Crippen molar-refractivity contribution in [2.24, 2.45) is 5.92 Å². The van der Waals surface area contributed by atoms with Crippen LogP contribution in [0.2, 0.25) is 0 Å². The Balaban J connectivity index is 1.82. The fourth-order valence-corrected chi connectivity index (χ4v) is 5.45. The second-order valence-electron chi connectivity index (χ2n) is 8.53. The number of fused-ring (bicyclic) bond motifs is 5. The highest BCUT2D eigenvalue weighted by atomic mass is 32.2. The van der Waals surface area contributed by atoms with E-state index in [-0.39, 0.29) is 31.7 Å². The molecule has 2 aliphatic heterocycles. The van der Waals surface area contributed by atoms with Gasteiger partial charge in [-0.2, -0.15) is 0 Å². The smallest absolute Gasteiger partial charge is 0.320 e. The molecule has 2 aromatic carbocycles. The first kappa shape index (κ1) is 24.3. The molecule has 0 saturated carbocycles. The Morgan fingerprint density at radius 2 is 1.85 bits per heavy atom. The standard InChI is InChI=1S/C23H26F3N3O4S/c1-28-9-10-33-20-8-3-2-6-17(20)18-7-4-5-15(21(18)26)11-19-22(27-34(31,32)14-25)16(12-24)13-29(19)23(28)30/h2-8,16,19,22,27H,9-14H2,1H3. The topological polar surface area (TPSA) is 79.0 Å². The third kappa shape index (κ3) is 4.72. The summed E-state index contributed by atoms with van der Waals surface area (Å²) in [4.78, 5) is 16.0. The summed E-state index contributed by atoms with van der Waals surface area (Å²) in [6.45, 7) is -0.699. The van der Waals surface area contributed by atoms with Gasteiger partial charge < -0.3 is 14.5 Å². The number of hydrogen-bond acceptors (Lipinski definition) is 4. The van der Waals surface area contributed by atoms with E-state index in [9.17, 15) is 22.0 Å². The maximum Gasteiger partial charge on any atom is 0.320 e. The second-order valence-corrected chi connectivity index (χ2v) is 10.2. The predicted molar refractivity (Wildman–Crippen MR) is 121 cm³/mol. The lowest BCUT2D eigenvalue weighted by Gasteiger charge is -2.32. The van der Waals surface area contributed by atoms with E-state index in [0.29, 0.717) is 16.9 Å². The van der Waals surface area contributed by atoms with Gasteiger partial charge in [0.1, 0.15) is 18.2 Å². The number of rotatable bonds is 4. The van der Waals surface area contributed by atoms with Crippen LogP contribution in [0.25, 0.3) is 11.1 Å². The van der Waals surface area contributed by atoms with Crippen molar-refractivity contribution in [3.05, 3.63) is 53.8 Å². The Hall–Kier alpha value is -2.79. The molecule has 2 aromatic rings. The number of urea groups is 1. The number of hydrogen-bond donors (Lipinski definition) is 1. The number of amides is 2. The lowest BCUT2D eigenvalue weighted by molar-refractivity contribution is 0.146. The number of nitrogens with zero attached hydrogens (tertiary/aromatic N) is 2. The predicted octanol–water partition coefficient (Wildman–Crippen LogP) is 2.96. The van der Waals surface area contributed by atoms with Crippen LogP contribution in [0.3, 0.4) is 0 Å². The summed E-state index contributed by atoms with van der Waals surface area (Å²) in [5.41, 5.74) is 1.05. The van der Waals surface area contributed by atoms with E-state index in [4.69, 9.17) is 4.74 Å². The zero-order valence-electron chi connectivity index (χ0n) is 18.6. The molecule has 184 valence electrons. The Kier molecular flexibility index (Phi) is 7.04. The summed E-state index contributed by atoms with van der Waals surface area (Å²) in [7, 11) is -2.80. The van der Waals surface area contributed by atoms with Crippen molar-refractivity contribution in [1.82, 2.24) is 14.5 Å². The molecule has 34 heavy (non-hydrogen) atoms. The van der Waals surface area contributed by atoms with Crippen molar-refractivity contribution in [2.75, 3.05) is 39.4 Å². The summed E-state index contributed by atoms with van der Waals surface area (Å²) < 4.78 is 74.9. The number of para-hydroxylation sites is 1. The van der Waals surface area contributed by atoms with E-state index in [0.717, 1.165) is 0 Å². The molecular formula is C23H26F3N3O4S. The Morgan fingerprint density at radius 3 is 2.59 bits per heavy atom. The number of likely N-dealkylation sites (N-methyl/N-ethyl adjacent to an activating group) is 1. The van der Waals surface area contributed by atoms with Gasteiger partial charge in [0.2, 0.25) is 16.0 Å². The molecule has 2 heterocycles. The minimum atomic E-state index is -4.35. The first-order valence-electron chi connectivity index (χ1n) is 10.9. The summed E-state index contributed by atoms with van der Waals surface area (Å²) in [5.74, 6) is -0.987. The Bertz CT molecular complexity index is 1160. The number of benzene rings is 2. The van der Waals surface area contributed by atoms with E-state index in [1.807, 2.05) is 0 Å². The van der Waals surface area contributed by atoms with Crippen molar-refractivity contribution >= 4 is 16.1 Å². The van der Waals surface area contributed by atoms with Crippen LogP contribution in [0, 0.1) is 11.7 Å². The lowest BCUT2D eigenvalue weighted by atomic mass is 9.93. The molecule has 11 heteroatoms. The van der Waals surface area contributed by atoms with Crippen LogP contribution in [0.4, 0.5) is 18.0 Å². The maximum absolute atomic E-state index is 15.7. The van der Waals surface area contributed by atoms with Gasteiger partial charge in [0.05, 0.1) is 19.3 Å². The van der Waals surface area contributed by atoms with Gasteiger partial charge >= 0.3 is 6.03 Å². The van der Waals surface area contributed by atoms with Crippen LogP contribution in [0.5, 0.6) is 5.75 Å². The highest BCUT2D eigenvalue weighted by Gasteiger charge is 2.46. The summed E-state index contributed by atoms with van der Waals surface area (Å²) in [6.07, 6.45) is -0.0851. The largest absolute Gasteiger partial charge is 0.491 e. The van der Waals surface area contributed by atoms with Crippen molar-refractivity contribution in [1.29, 1.82) is 0 Å². The van der Waals surface area contributed by atoms with Gasteiger partial charge in [-0.25, -0.2) is 26.7 Å². The van der Waals surface area contributed by atoms with Crippen LogP contribution in [0.15, 0.2) is 42.5 Å². The highest BCUT2D eigenvalue weighted by molar-refractivity contribution is 7.89. The van der Waals surface area contributed by atoms with Gasteiger partial charge in [0.25, 0.3) is 0 Å². The number of carbonyl (C=O) groups excluding carboxylic acids is 1. The average molecular weight is 498 g/mol. The molecule has 2 bridgehead atoms. The molecule has 1 fully saturated rings. The minimum absolute atomic E-state index is 0.0851. The van der Waals surface area contributed by atoms with Crippen LogP contribution in [0.1, 0.15) is 5.56 Å². The molecule has 1 saturated heterocycles. The monoisotopic (exact) mass is 497 g/mol. The fraction of sp³-hybridized carbons (Fsp3) is 0.435. The van der Waals surface area contributed by atoms with Gasteiger partial charge in [-0.3, -0.25) is 4.39 Å². The SMILES string of the molecule is CN1CCOc2ccccc2-c2cccc(c2F)CC2C(NS(=O)(=O)CF)C(CF)CN2C1=O. The number of alkyl halides is 2. The molecule has 3 atom stereocenters. The third-order valence-electron chi connectivity index (χ3n) is 6.35. The van der Waals surface area contributed by atoms with Crippen molar-refractivity contribution in [3.8, 4) is 16.9 Å². The first-order valence-corrected chi connectivity index (χ1v) is 12.5.